The molecule has 0 bridgehead atoms. The Hall–Kier alpha value is -2.23. The molecule has 0 aliphatic rings. The van der Waals surface area contributed by atoms with Gasteiger partial charge in [-0.15, -0.1) is 0 Å². The van der Waals surface area contributed by atoms with Crippen molar-refractivity contribution in [2.45, 2.75) is 13.8 Å². The van der Waals surface area contributed by atoms with Crippen LogP contribution < -0.4 is 5.32 Å². The van der Waals surface area contributed by atoms with Gasteiger partial charge in [0, 0.05) is 36.1 Å². The van der Waals surface area contributed by atoms with Crippen molar-refractivity contribution in [1.82, 2.24) is 9.97 Å². The molecular weight excluding hydrogens is 214 g/mol. The van der Waals surface area contributed by atoms with E-state index in [1.807, 2.05) is 31.3 Å². The Labute approximate surface area is 99.7 Å². The summed E-state index contributed by atoms with van der Waals surface area (Å²) in [4.78, 5) is 19.2. The first-order valence-corrected chi connectivity index (χ1v) is 5.32. The van der Waals surface area contributed by atoms with Gasteiger partial charge in [-0.2, -0.15) is 0 Å². The minimum Gasteiger partial charge on any atom is -0.311 e. The second-order valence-electron chi connectivity index (χ2n) is 3.80. The van der Waals surface area contributed by atoms with Crippen LogP contribution in [0.3, 0.4) is 0 Å². The van der Waals surface area contributed by atoms with Crippen molar-refractivity contribution in [3.8, 4) is 11.1 Å². The molecular formula is C13H13N3O. The predicted octanol–water partition coefficient (Wildman–Crippen LogP) is 2.41. The Kier molecular flexibility index (Phi) is 3.14. The molecule has 2 heterocycles. The maximum atomic E-state index is 10.8. The van der Waals surface area contributed by atoms with E-state index >= 15 is 0 Å². The molecule has 4 heteroatoms. The highest BCUT2D eigenvalue weighted by Crippen LogP contribution is 2.18. The lowest BCUT2D eigenvalue weighted by molar-refractivity contribution is -0.114. The number of carbonyl (C=O) groups is 1. The fraction of sp³-hybridized carbons (Fsp3) is 0.154. The van der Waals surface area contributed by atoms with Crippen LogP contribution in [0.15, 0.2) is 36.7 Å². The van der Waals surface area contributed by atoms with E-state index in [0.717, 1.165) is 16.8 Å². The highest BCUT2D eigenvalue weighted by atomic mass is 16.1. The molecule has 4 nitrogen and oxygen atoms in total. The zero-order chi connectivity index (χ0) is 12.3. The first-order valence-electron chi connectivity index (χ1n) is 5.32. The van der Waals surface area contributed by atoms with E-state index in [1.165, 1.54) is 6.92 Å². The van der Waals surface area contributed by atoms with Crippen LogP contribution in [-0.4, -0.2) is 15.9 Å². The first kappa shape index (κ1) is 11.3. The van der Waals surface area contributed by atoms with Gasteiger partial charge < -0.3 is 5.32 Å². The van der Waals surface area contributed by atoms with Crippen LogP contribution in [-0.2, 0) is 4.79 Å². The fourth-order valence-corrected chi connectivity index (χ4v) is 1.46. The average molecular weight is 227 g/mol. The van der Waals surface area contributed by atoms with E-state index in [0.29, 0.717) is 5.82 Å². The quantitative estimate of drug-likeness (QED) is 0.857. The number of amides is 1. The van der Waals surface area contributed by atoms with Crippen molar-refractivity contribution in [2.24, 2.45) is 0 Å². The number of carbonyl (C=O) groups excluding carboxylic acids is 1. The smallest absolute Gasteiger partial charge is 0.222 e. The van der Waals surface area contributed by atoms with Crippen molar-refractivity contribution in [1.29, 1.82) is 0 Å². The zero-order valence-corrected chi connectivity index (χ0v) is 9.77. The Morgan fingerprint density at radius 1 is 1.06 bits per heavy atom. The van der Waals surface area contributed by atoms with Crippen LogP contribution >= 0.6 is 0 Å². The summed E-state index contributed by atoms with van der Waals surface area (Å²) >= 11 is 0. The van der Waals surface area contributed by atoms with E-state index < -0.39 is 0 Å². The van der Waals surface area contributed by atoms with E-state index in [1.54, 1.807) is 12.3 Å². The molecule has 0 radical (unpaired) electrons. The maximum absolute atomic E-state index is 10.8. The van der Waals surface area contributed by atoms with Crippen molar-refractivity contribution in [2.75, 3.05) is 5.32 Å². The van der Waals surface area contributed by atoms with Crippen LogP contribution in [0, 0.1) is 6.92 Å². The number of nitrogens with zero attached hydrogens (tertiary/aromatic N) is 2. The Balaban J connectivity index is 2.23. The third kappa shape index (κ3) is 2.87. The minimum atomic E-state index is -0.123. The fourth-order valence-electron chi connectivity index (χ4n) is 1.46. The standard InChI is InChI=1S/C13H13N3O/c1-9-3-4-11(7-14-9)12-5-6-13(15-8-12)16-10(2)17/h3-8H,1-2H3,(H,15,16,17). The summed E-state index contributed by atoms with van der Waals surface area (Å²) in [5, 5.41) is 2.63. The topological polar surface area (TPSA) is 54.9 Å². The van der Waals surface area contributed by atoms with Crippen LogP contribution in [0.1, 0.15) is 12.6 Å². The summed E-state index contributed by atoms with van der Waals surface area (Å²) in [5.41, 5.74) is 2.97. The van der Waals surface area contributed by atoms with Gasteiger partial charge in [-0.05, 0) is 25.1 Å². The number of anilines is 1. The van der Waals surface area contributed by atoms with E-state index in [-0.39, 0.29) is 5.91 Å². The molecule has 0 aliphatic carbocycles. The highest BCUT2D eigenvalue weighted by Gasteiger charge is 2.00. The molecule has 17 heavy (non-hydrogen) atoms. The number of pyridine rings is 2. The largest absolute Gasteiger partial charge is 0.311 e. The van der Waals surface area contributed by atoms with Crippen molar-refractivity contribution < 1.29 is 4.79 Å². The van der Waals surface area contributed by atoms with Gasteiger partial charge in [-0.3, -0.25) is 9.78 Å². The predicted molar refractivity (Wildman–Crippen MR) is 66.5 cm³/mol. The zero-order valence-electron chi connectivity index (χ0n) is 9.77. The van der Waals surface area contributed by atoms with Gasteiger partial charge in [-0.25, -0.2) is 4.98 Å². The third-order valence-corrected chi connectivity index (χ3v) is 2.31. The van der Waals surface area contributed by atoms with Crippen molar-refractivity contribution >= 4 is 11.7 Å². The van der Waals surface area contributed by atoms with Gasteiger partial charge in [0.05, 0.1) is 0 Å². The lowest BCUT2D eigenvalue weighted by atomic mass is 10.1. The molecule has 1 N–H and O–H groups in total. The summed E-state index contributed by atoms with van der Waals surface area (Å²) in [6.07, 6.45) is 3.53. The number of aromatic nitrogens is 2. The highest BCUT2D eigenvalue weighted by molar-refractivity contribution is 5.87. The van der Waals surface area contributed by atoms with Crippen molar-refractivity contribution in [3.05, 3.63) is 42.4 Å². The summed E-state index contributed by atoms with van der Waals surface area (Å²) in [7, 11) is 0. The van der Waals surface area contributed by atoms with Gasteiger partial charge >= 0.3 is 0 Å². The van der Waals surface area contributed by atoms with Crippen LogP contribution in [0.4, 0.5) is 5.82 Å². The molecule has 2 rings (SSSR count). The van der Waals surface area contributed by atoms with E-state index in [4.69, 9.17) is 0 Å². The number of nitrogens with one attached hydrogen (secondary N) is 1. The van der Waals surface area contributed by atoms with Gasteiger partial charge in [0.25, 0.3) is 0 Å². The molecule has 2 aromatic rings. The second kappa shape index (κ2) is 4.74. The SMILES string of the molecule is CC(=O)Nc1ccc(-c2ccc(C)nc2)cn1. The first-order chi connectivity index (χ1) is 8.15. The van der Waals surface area contributed by atoms with Gasteiger partial charge in [0.1, 0.15) is 5.82 Å². The molecule has 86 valence electrons. The number of hydrogen-bond donors (Lipinski definition) is 1. The molecule has 0 atom stereocenters. The lowest BCUT2D eigenvalue weighted by Gasteiger charge is -2.04. The van der Waals surface area contributed by atoms with Gasteiger partial charge in [0.2, 0.25) is 5.91 Å². The summed E-state index contributed by atoms with van der Waals surface area (Å²) in [6, 6.07) is 7.63. The monoisotopic (exact) mass is 227 g/mol. The summed E-state index contributed by atoms with van der Waals surface area (Å²) in [6.45, 7) is 3.40. The Morgan fingerprint density at radius 2 is 1.71 bits per heavy atom. The lowest BCUT2D eigenvalue weighted by Crippen LogP contribution is -2.06. The molecule has 2 aromatic heterocycles. The summed E-state index contributed by atoms with van der Waals surface area (Å²) < 4.78 is 0. The normalized spacial score (nSPS) is 10.0. The second-order valence-corrected chi connectivity index (χ2v) is 3.80. The number of aryl methyl sites for hydroxylation is 1. The molecule has 0 saturated heterocycles. The molecule has 0 saturated carbocycles. The maximum Gasteiger partial charge on any atom is 0.222 e. The van der Waals surface area contributed by atoms with Gasteiger partial charge in [0.15, 0.2) is 0 Å². The molecule has 0 aromatic carbocycles. The van der Waals surface area contributed by atoms with E-state index in [9.17, 15) is 4.79 Å². The number of hydrogen-bond acceptors (Lipinski definition) is 3. The van der Waals surface area contributed by atoms with E-state index in [2.05, 4.69) is 15.3 Å². The number of rotatable bonds is 2. The summed E-state index contributed by atoms with van der Waals surface area (Å²) in [5.74, 6) is 0.434. The molecule has 0 unspecified atom stereocenters. The average Bonchev–Trinajstić information content (AvgIpc) is 2.30. The van der Waals surface area contributed by atoms with Crippen molar-refractivity contribution in [3.63, 3.8) is 0 Å². The molecule has 1 amide bonds. The van der Waals surface area contributed by atoms with Crippen LogP contribution in [0.5, 0.6) is 0 Å². The Bertz CT molecular complexity index is 517. The van der Waals surface area contributed by atoms with Crippen LogP contribution in [0.2, 0.25) is 0 Å². The van der Waals surface area contributed by atoms with Crippen LogP contribution in [0.25, 0.3) is 11.1 Å². The van der Waals surface area contributed by atoms with Gasteiger partial charge in [-0.1, -0.05) is 6.07 Å². The molecule has 0 aliphatic heterocycles. The molecule has 0 spiro atoms. The minimum absolute atomic E-state index is 0.123. The Morgan fingerprint density at radius 3 is 2.18 bits per heavy atom. The molecule has 0 fully saturated rings. The third-order valence-electron chi connectivity index (χ3n) is 2.31.